The quantitative estimate of drug-likeness (QED) is 0.131. The van der Waals surface area contributed by atoms with E-state index >= 15 is 0 Å². The van der Waals surface area contributed by atoms with Crippen LogP contribution in [0.3, 0.4) is 0 Å². The average Bonchev–Trinajstić information content (AvgIpc) is 1.19. The number of nitrogens with zero attached hydrogens (tertiary/aromatic N) is 1. The van der Waals surface area contributed by atoms with Crippen LogP contribution >= 0.6 is 0 Å². The van der Waals surface area contributed by atoms with Crippen molar-refractivity contribution in [2.75, 3.05) is 0 Å². The maximum atomic E-state index is 8.52. The van der Waals surface area contributed by atoms with E-state index in [-0.39, 0.29) is 74.4 Å². The largest absolute Gasteiger partial charge is 2.00 e. The van der Waals surface area contributed by atoms with Gasteiger partial charge in [-0.3, -0.25) is 8.42 Å². The molecule has 0 spiro atoms. The van der Waals surface area contributed by atoms with Crippen LogP contribution in [0.1, 0.15) is 0 Å². The van der Waals surface area contributed by atoms with Crippen molar-refractivity contribution in [3.05, 3.63) is 15.3 Å². The molecule has 0 amide bonds. The van der Waals surface area contributed by atoms with E-state index in [0.29, 0.717) is 0 Å². The molecule has 0 radical (unpaired) electrons. The van der Waals surface area contributed by atoms with Crippen molar-refractivity contribution >= 4 is 33.5 Å². The minimum atomic E-state index is -5.17. The van der Waals surface area contributed by atoms with Gasteiger partial charge in [-0.05, 0) is 0 Å². The summed E-state index contributed by atoms with van der Waals surface area (Å²) < 4.78 is 34.1. The Morgan fingerprint density at radius 3 is 1.09 bits per heavy atom. The van der Waals surface area contributed by atoms with Gasteiger partial charge in [-0.2, -0.15) is 0 Å². The predicted molar refractivity (Wildman–Crippen MR) is 26.6 cm³/mol. The molecule has 0 fully saturated rings. The predicted octanol–water partition coefficient (Wildman–Crippen LogP) is -4.95. The van der Waals surface area contributed by atoms with Crippen molar-refractivity contribution in [2.45, 2.75) is 0 Å². The van der Waals surface area contributed by atoms with Gasteiger partial charge in [-0.15, -0.1) is 0 Å². The van der Waals surface area contributed by atoms with Crippen LogP contribution in [0.2, 0.25) is 0 Å². The van der Waals surface area contributed by atoms with E-state index in [1.165, 1.54) is 0 Å². The van der Waals surface area contributed by atoms with Gasteiger partial charge in [0.25, 0.3) is 0 Å². The molecule has 0 saturated carbocycles. The van der Waals surface area contributed by atoms with Gasteiger partial charge in [0.2, 0.25) is 0 Å². The van der Waals surface area contributed by atoms with Crippen LogP contribution in [0.4, 0.5) is 0 Å². The molecule has 11 heavy (non-hydrogen) atoms. The second kappa shape index (κ2) is 11.5. The summed E-state index contributed by atoms with van der Waals surface area (Å²) in [5, 5.41) is 14.8. The second-order valence-corrected chi connectivity index (χ2v) is 1.45. The first-order valence-electron chi connectivity index (χ1n) is 1.21. The molecule has 0 N–H and O–H groups in total. The van der Waals surface area contributed by atoms with E-state index in [4.69, 9.17) is 32.8 Å². The molecule has 8 nitrogen and oxygen atoms in total. The first kappa shape index (κ1) is 22.9. The van der Waals surface area contributed by atoms with E-state index < -0.39 is 15.5 Å². The summed E-state index contributed by atoms with van der Waals surface area (Å²) in [4.78, 5) is 8.25. The SMILES string of the molecule is O=S(=O)([O-])[O-].O=[N+]([O-])[O-].[K+].[Mg+2]. The zero-order valence-corrected chi connectivity index (χ0v) is 10.8. The Balaban J connectivity index is -0.0000000383. The van der Waals surface area contributed by atoms with Crippen molar-refractivity contribution in [1.29, 1.82) is 0 Å². The van der Waals surface area contributed by atoms with Crippen molar-refractivity contribution in [2.24, 2.45) is 0 Å². The van der Waals surface area contributed by atoms with Gasteiger partial charge in [0.05, 0.1) is 5.09 Å². The van der Waals surface area contributed by atoms with Gasteiger partial charge in [0, 0.05) is 10.4 Å². The second-order valence-electron chi connectivity index (χ2n) is 0.632. The Hall–Kier alpha value is 1.47. The Bertz CT molecular complexity index is 161. The molecule has 0 aliphatic carbocycles. The smallest absolute Gasteiger partial charge is 0.759 e. The minimum Gasteiger partial charge on any atom is -0.759 e. The molecule has 0 aromatic heterocycles. The number of rotatable bonds is 0. The van der Waals surface area contributed by atoms with Crippen LogP contribution in [-0.2, 0) is 10.4 Å². The first-order chi connectivity index (χ1) is 3.73. The fourth-order valence-electron chi connectivity index (χ4n) is 0. The van der Waals surface area contributed by atoms with Crippen molar-refractivity contribution in [3.8, 4) is 0 Å². The summed E-state index contributed by atoms with van der Waals surface area (Å²) in [6.45, 7) is 0. The summed E-state index contributed by atoms with van der Waals surface area (Å²) >= 11 is 0. The molecule has 0 bridgehead atoms. The van der Waals surface area contributed by atoms with E-state index in [2.05, 4.69) is 0 Å². The Labute approximate surface area is 121 Å². The maximum absolute atomic E-state index is 8.52. The Morgan fingerprint density at radius 2 is 1.09 bits per heavy atom. The molecule has 11 heteroatoms. The van der Waals surface area contributed by atoms with E-state index in [1.54, 1.807) is 0 Å². The number of hydrogen-bond donors (Lipinski definition) is 0. The van der Waals surface area contributed by atoms with E-state index in [9.17, 15) is 0 Å². The molecule has 0 aliphatic rings. The Morgan fingerprint density at radius 1 is 1.09 bits per heavy atom. The van der Waals surface area contributed by atoms with Crippen LogP contribution < -0.4 is 51.4 Å². The molecule has 0 aromatic carbocycles. The summed E-state index contributed by atoms with van der Waals surface area (Å²) in [6, 6.07) is 0. The zero-order valence-electron chi connectivity index (χ0n) is 5.42. The van der Waals surface area contributed by atoms with Gasteiger partial charge in [-0.1, -0.05) is 0 Å². The topological polar surface area (TPSA) is 146 Å². The molecule has 0 aliphatic heterocycles. The summed E-state index contributed by atoms with van der Waals surface area (Å²) in [7, 11) is -5.17. The molecule has 0 saturated heterocycles. The van der Waals surface area contributed by atoms with Crippen LogP contribution in [-0.4, -0.2) is 45.7 Å². The van der Waals surface area contributed by atoms with Crippen LogP contribution in [0.25, 0.3) is 0 Å². The third-order valence-corrected chi connectivity index (χ3v) is 0. The first-order valence-corrected chi connectivity index (χ1v) is 2.55. The number of hydrogen-bond acceptors (Lipinski definition) is 7. The van der Waals surface area contributed by atoms with Gasteiger partial charge < -0.3 is 24.4 Å². The third-order valence-electron chi connectivity index (χ3n) is 0. The van der Waals surface area contributed by atoms with Crippen LogP contribution in [0, 0.1) is 15.3 Å². The van der Waals surface area contributed by atoms with Crippen molar-refractivity contribution in [3.63, 3.8) is 0 Å². The van der Waals surface area contributed by atoms with Gasteiger partial charge in [0.15, 0.2) is 0 Å². The normalized spacial score (nSPS) is 7.45. The molecule has 0 aromatic rings. The van der Waals surface area contributed by atoms with Gasteiger partial charge in [-0.25, -0.2) is 0 Å². The summed E-state index contributed by atoms with van der Waals surface area (Å²) in [6.07, 6.45) is 0. The molecule has 56 valence electrons. The van der Waals surface area contributed by atoms with Crippen molar-refractivity contribution < 1.29 is 74.0 Å². The Kier molecular flexibility index (Phi) is 23.9. The summed E-state index contributed by atoms with van der Waals surface area (Å²) in [5.74, 6) is 0. The molecule has 0 heterocycles. The summed E-state index contributed by atoms with van der Waals surface area (Å²) in [5.41, 5.74) is 0. The average molecular weight is 221 g/mol. The molecule has 0 unspecified atom stereocenters. The molecule has 0 rings (SSSR count). The maximum Gasteiger partial charge on any atom is 2.00 e. The molecular formula is KMgNO7S. The zero-order chi connectivity index (χ0) is 8.08. The van der Waals surface area contributed by atoms with Gasteiger partial charge in [0.1, 0.15) is 0 Å². The standard InChI is InChI=1S/K.Mg.NO3.H2O4S/c;;2-1(3)4;1-5(2,3)4/h;;;(H2,1,2,3,4)/q+1;+2;-1;/p-2. The van der Waals surface area contributed by atoms with Gasteiger partial charge >= 0.3 is 74.4 Å². The van der Waals surface area contributed by atoms with Crippen LogP contribution in [0.5, 0.6) is 0 Å². The molecule has 0 atom stereocenters. The molecular weight excluding hydrogens is 221 g/mol. The fraction of sp³-hybridized carbons (Fsp3) is 0. The fourth-order valence-corrected chi connectivity index (χ4v) is 0. The van der Waals surface area contributed by atoms with E-state index in [1.807, 2.05) is 0 Å². The monoisotopic (exact) mass is 221 g/mol. The van der Waals surface area contributed by atoms with Crippen LogP contribution in [0.15, 0.2) is 0 Å². The minimum absolute atomic E-state index is 0. The third kappa shape index (κ3) is 475. The van der Waals surface area contributed by atoms with E-state index in [0.717, 1.165) is 0 Å². The van der Waals surface area contributed by atoms with Crippen molar-refractivity contribution in [1.82, 2.24) is 0 Å².